The molecule has 0 spiro atoms. The molecule has 0 aliphatic carbocycles. The molecule has 0 heterocycles. The van der Waals surface area contributed by atoms with E-state index in [1.54, 1.807) is 6.92 Å². The zero-order valence-electron chi connectivity index (χ0n) is 13.7. The molecule has 0 saturated carbocycles. The lowest BCUT2D eigenvalue weighted by atomic mass is 9.90. The van der Waals surface area contributed by atoms with Crippen molar-refractivity contribution in [2.75, 3.05) is 19.7 Å². The molecule has 0 aliphatic heterocycles. The van der Waals surface area contributed by atoms with Crippen molar-refractivity contribution in [2.45, 2.75) is 12.8 Å². The van der Waals surface area contributed by atoms with Crippen LogP contribution < -0.4 is 10.6 Å². The summed E-state index contributed by atoms with van der Waals surface area (Å²) < 4.78 is 4.77. The van der Waals surface area contributed by atoms with Crippen LogP contribution in [0.3, 0.4) is 0 Å². The van der Waals surface area contributed by atoms with E-state index in [0.717, 1.165) is 11.1 Å². The molecule has 0 aromatic heterocycles. The van der Waals surface area contributed by atoms with Crippen LogP contribution in [0.15, 0.2) is 60.7 Å². The maximum atomic E-state index is 12.7. The summed E-state index contributed by atoms with van der Waals surface area (Å²) in [5.74, 6) is -0.479. The maximum Gasteiger partial charge on any atom is 0.407 e. The third-order valence-corrected chi connectivity index (χ3v) is 3.50. The summed E-state index contributed by atoms with van der Waals surface area (Å²) in [5.41, 5.74) is 1.86. The molecular formula is C19H22N2O3. The second kappa shape index (κ2) is 9.35. The van der Waals surface area contributed by atoms with Crippen LogP contribution in [0.5, 0.6) is 0 Å². The quantitative estimate of drug-likeness (QED) is 0.769. The lowest BCUT2D eigenvalue weighted by molar-refractivity contribution is -0.121. The summed E-state index contributed by atoms with van der Waals surface area (Å²) in [7, 11) is 0. The van der Waals surface area contributed by atoms with Gasteiger partial charge in [0.05, 0.1) is 12.5 Å². The molecular weight excluding hydrogens is 304 g/mol. The van der Waals surface area contributed by atoms with Gasteiger partial charge in [0.2, 0.25) is 5.91 Å². The number of benzene rings is 2. The number of carbonyl (C=O) groups excluding carboxylic acids is 2. The molecule has 0 aliphatic rings. The number of hydrogen-bond donors (Lipinski definition) is 2. The second-order valence-electron chi connectivity index (χ2n) is 5.19. The van der Waals surface area contributed by atoms with E-state index in [-0.39, 0.29) is 11.8 Å². The highest BCUT2D eigenvalue weighted by Gasteiger charge is 2.21. The van der Waals surface area contributed by atoms with Crippen LogP contribution in [0.4, 0.5) is 4.79 Å². The second-order valence-corrected chi connectivity index (χ2v) is 5.19. The van der Waals surface area contributed by atoms with Crippen molar-refractivity contribution < 1.29 is 14.3 Å². The minimum absolute atomic E-state index is 0.0990. The van der Waals surface area contributed by atoms with Crippen LogP contribution in [-0.2, 0) is 9.53 Å². The Labute approximate surface area is 142 Å². The first-order valence-corrected chi connectivity index (χ1v) is 8.00. The van der Waals surface area contributed by atoms with Gasteiger partial charge in [-0.15, -0.1) is 0 Å². The van der Waals surface area contributed by atoms with E-state index < -0.39 is 6.09 Å². The Kier molecular flexibility index (Phi) is 6.83. The van der Waals surface area contributed by atoms with Gasteiger partial charge < -0.3 is 15.4 Å². The molecule has 2 N–H and O–H groups in total. The van der Waals surface area contributed by atoms with Crippen LogP contribution in [0.25, 0.3) is 0 Å². The predicted octanol–water partition coefficient (Wildman–Crippen LogP) is 2.68. The van der Waals surface area contributed by atoms with Crippen molar-refractivity contribution in [1.29, 1.82) is 0 Å². The van der Waals surface area contributed by atoms with Gasteiger partial charge in [-0.25, -0.2) is 4.79 Å². The van der Waals surface area contributed by atoms with Gasteiger partial charge in [-0.1, -0.05) is 60.7 Å². The Hall–Kier alpha value is -2.82. The van der Waals surface area contributed by atoms with Crippen LogP contribution in [0, 0.1) is 0 Å². The Bertz CT molecular complexity index is 605. The van der Waals surface area contributed by atoms with E-state index in [0.29, 0.717) is 19.7 Å². The molecule has 0 saturated heterocycles. The molecule has 2 amide bonds. The molecule has 0 bridgehead atoms. The van der Waals surface area contributed by atoms with Gasteiger partial charge in [0, 0.05) is 13.1 Å². The molecule has 0 fully saturated rings. The highest BCUT2D eigenvalue weighted by atomic mass is 16.5. The smallest absolute Gasteiger partial charge is 0.407 e. The van der Waals surface area contributed by atoms with Crippen molar-refractivity contribution >= 4 is 12.0 Å². The van der Waals surface area contributed by atoms with E-state index in [1.807, 2.05) is 60.7 Å². The van der Waals surface area contributed by atoms with Crippen LogP contribution in [-0.4, -0.2) is 31.7 Å². The molecule has 24 heavy (non-hydrogen) atoms. The fourth-order valence-electron chi connectivity index (χ4n) is 2.42. The zero-order chi connectivity index (χ0) is 17.2. The number of amides is 2. The topological polar surface area (TPSA) is 67.4 Å². The number of nitrogens with one attached hydrogen (secondary N) is 2. The molecule has 2 rings (SSSR count). The molecule has 5 heteroatoms. The summed E-state index contributed by atoms with van der Waals surface area (Å²) in [5, 5.41) is 5.45. The van der Waals surface area contributed by atoms with Gasteiger partial charge in [0.25, 0.3) is 0 Å². The third kappa shape index (κ3) is 5.12. The number of hydrogen-bond acceptors (Lipinski definition) is 3. The van der Waals surface area contributed by atoms with Crippen molar-refractivity contribution in [3.05, 3.63) is 71.8 Å². The lowest BCUT2D eigenvalue weighted by Crippen LogP contribution is -2.37. The van der Waals surface area contributed by atoms with E-state index in [2.05, 4.69) is 10.6 Å². The van der Waals surface area contributed by atoms with Crippen LogP contribution in [0.1, 0.15) is 24.0 Å². The Balaban J connectivity index is 2.00. The molecule has 0 radical (unpaired) electrons. The summed E-state index contributed by atoms with van der Waals surface area (Å²) in [6.45, 7) is 2.72. The average Bonchev–Trinajstić information content (AvgIpc) is 2.61. The van der Waals surface area contributed by atoms with Gasteiger partial charge >= 0.3 is 6.09 Å². The molecule has 5 nitrogen and oxygen atoms in total. The minimum atomic E-state index is -0.477. The number of ether oxygens (including phenoxy) is 1. The van der Waals surface area contributed by atoms with Crippen molar-refractivity contribution in [3.8, 4) is 0 Å². The normalized spacial score (nSPS) is 10.2. The van der Waals surface area contributed by atoms with E-state index in [9.17, 15) is 9.59 Å². The van der Waals surface area contributed by atoms with Crippen molar-refractivity contribution in [1.82, 2.24) is 10.6 Å². The van der Waals surface area contributed by atoms with Crippen molar-refractivity contribution in [2.24, 2.45) is 0 Å². The SMILES string of the molecule is CCOC(=O)NCCNC(=O)C(c1ccccc1)c1ccccc1. The zero-order valence-corrected chi connectivity index (χ0v) is 13.7. The Morgan fingerprint density at radius 1 is 0.875 bits per heavy atom. The van der Waals surface area contributed by atoms with Gasteiger partial charge in [-0.05, 0) is 18.1 Å². The van der Waals surface area contributed by atoms with E-state index >= 15 is 0 Å². The highest BCUT2D eigenvalue weighted by Crippen LogP contribution is 2.24. The Morgan fingerprint density at radius 3 is 1.88 bits per heavy atom. The summed E-state index contributed by atoms with van der Waals surface area (Å²) in [4.78, 5) is 23.9. The Morgan fingerprint density at radius 2 is 1.38 bits per heavy atom. The third-order valence-electron chi connectivity index (χ3n) is 3.50. The van der Waals surface area contributed by atoms with Crippen LogP contribution >= 0.6 is 0 Å². The summed E-state index contributed by atoms with van der Waals surface area (Å²) in [6.07, 6.45) is -0.477. The number of alkyl carbamates (subject to hydrolysis) is 1. The monoisotopic (exact) mass is 326 g/mol. The van der Waals surface area contributed by atoms with E-state index in [1.165, 1.54) is 0 Å². The molecule has 0 atom stereocenters. The largest absolute Gasteiger partial charge is 0.450 e. The van der Waals surface area contributed by atoms with Gasteiger partial charge in [-0.2, -0.15) is 0 Å². The maximum absolute atomic E-state index is 12.7. The number of carbonyl (C=O) groups is 2. The van der Waals surface area contributed by atoms with Gasteiger partial charge in [0.15, 0.2) is 0 Å². The molecule has 0 unspecified atom stereocenters. The summed E-state index contributed by atoms with van der Waals surface area (Å²) in [6, 6.07) is 19.3. The summed E-state index contributed by atoms with van der Waals surface area (Å²) >= 11 is 0. The first-order chi connectivity index (χ1) is 11.7. The molecule has 2 aromatic carbocycles. The lowest BCUT2D eigenvalue weighted by Gasteiger charge is -2.18. The van der Waals surface area contributed by atoms with Gasteiger partial charge in [0.1, 0.15) is 0 Å². The van der Waals surface area contributed by atoms with Crippen molar-refractivity contribution in [3.63, 3.8) is 0 Å². The molecule has 126 valence electrons. The van der Waals surface area contributed by atoms with Gasteiger partial charge in [-0.3, -0.25) is 4.79 Å². The first-order valence-electron chi connectivity index (χ1n) is 8.00. The predicted molar refractivity (Wildman–Crippen MR) is 92.8 cm³/mol. The fourth-order valence-corrected chi connectivity index (χ4v) is 2.42. The molecule has 2 aromatic rings. The van der Waals surface area contributed by atoms with E-state index in [4.69, 9.17) is 4.74 Å². The highest BCUT2D eigenvalue weighted by molar-refractivity contribution is 5.87. The average molecular weight is 326 g/mol. The minimum Gasteiger partial charge on any atom is -0.450 e. The first kappa shape index (κ1) is 17.5. The van der Waals surface area contributed by atoms with Crippen LogP contribution in [0.2, 0.25) is 0 Å². The fraction of sp³-hybridized carbons (Fsp3) is 0.263. The number of rotatable bonds is 7. The standard InChI is InChI=1S/C19H22N2O3/c1-2-24-19(23)21-14-13-20-18(22)17(15-9-5-3-6-10-15)16-11-7-4-8-12-16/h3-12,17H,2,13-14H2,1H3,(H,20,22)(H,21,23).